The number of rotatable bonds is 2. The van der Waals surface area contributed by atoms with Crippen molar-refractivity contribution in [2.45, 2.75) is 37.9 Å². The van der Waals surface area contributed by atoms with Crippen LogP contribution in [-0.4, -0.2) is 12.2 Å². The Morgan fingerprint density at radius 2 is 1.95 bits per heavy atom. The van der Waals surface area contributed by atoms with Gasteiger partial charge in [-0.15, -0.1) is 0 Å². The standard InChI is InChI=1S/C13H13BrClF4N/c14-10-5-8(16)6-11(15)12(10)20-9-3-1-2-7(4-9)13(17,18)19/h5-7,9,20H,1-4H2. The Labute approximate surface area is 127 Å². The second kappa shape index (κ2) is 6.10. The van der Waals surface area contributed by atoms with Gasteiger partial charge in [0, 0.05) is 10.5 Å². The molecule has 0 bridgehead atoms. The summed E-state index contributed by atoms with van der Waals surface area (Å²) in [6.45, 7) is 0. The average molecular weight is 375 g/mol. The Morgan fingerprint density at radius 1 is 1.25 bits per heavy atom. The molecule has 0 amide bonds. The molecule has 0 spiro atoms. The molecule has 2 unspecified atom stereocenters. The van der Waals surface area contributed by atoms with Crippen molar-refractivity contribution in [3.63, 3.8) is 0 Å². The molecule has 1 saturated carbocycles. The third-order valence-electron chi connectivity index (χ3n) is 3.49. The first kappa shape index (κ1) is 15.9. The summed E-state index contributed by atoms with van der Waals surface area (Å²) in [6, 6.07) is 2.06. The van der Waals surface area contributed by atoms with Gasteiger partial charge in [-0.1, -0.05) is 18.0 Å². The summed E-state index contributed by atoms with van der Waals surface area (Å²) in [6.07, 6.45) is -2.82. The number of halogens is 6. The van der Waals surface area contributed by atoms with E-state index >= 15 is 0 Å². The third kappa shape index (κ3) is 3.79. The maximum Gasteiger partial charge on any atom is 0.391 e. The second-order valence-corrected chi connectivity index (χ2v) is 6.25. The predicted octanol–water partition coefficient (Wildman–Crippen LogP) is 5.77. The molecule has 0 aromatic heterocycles. The van der Waals surface area contributed by atoms with Crippen molar-refractivity contribution < 1.29 is 17.6 Å². The molecule has 2 atom stereocenters. The zero-order valence-electron chi connectivity index (χ0n) is 10.4. The van der Waals surface area contributed by atoms with Crippen LogP contribution in [0.4, 0.5) is 23.2 Å². The molecular weight excluding hydrogens is 361 g/mol. The maximum atomic E-state index is 13.1. The van der Waals surface area contributed by atoms with E-state index in [9.17, 15) is 17.6 Å². The van der Waals surface area contributed by atoms with Crippen LogP contribution >= 0.6 is 27.5 Å². The molecule has 0 aliphatic heterocycles. The molecule has 20 heavy (non-hydrogen) atoms. The third-order valence-corrected chi connectivity index (χ3v) is 4.42. The van der Waals surface area contributed by atoms with E-state index in [1.165, 1.54) is 6.07 Å². The molecule has 1 N–H and O–H groups in total. The lowest BCUT2D eigenvalue weighted by Crippen LogP contribution is -2.34. The SMILES string of the molecule is Fc1cc(Cl)c(NC2CCCC(C(F)(F)F)C2)c(Br)c1. The lowest BCUT2D eigenvalue weighted by atomic mass is 9.85. The number of hydrogen-bond donors (Lipinski definition) is 1. The van der Waals surface area contributed by atoms with Gasteiger partial charge in [0.15, 0.2) is 0 Å². The summed E-state index contributed by atoms with van der Waals surface area (Å²) in [5.74, 6) is -1.78. The highest BCUT2D eigenvalue weighted by Gasteiger charge is 2.42. The molecule has 1 aliphatic carbocycles. The molecule has 2 rings (SSSR count). The number of hydrogen-bond acceptors (Lipinski definition) is 1. The zero-order valence-corrected chi connectivity index (χ0v) is 12.7. The fourth-order valence-corrected chi connectivity index (χ4v) is 3.42. The normalized spacial score (nSPS) is 23.7. The smallest absolute Gasteiger partial charge is 0.380 e. The van der Waals surface area contributed by atoms with Gasteiger partial charge in [-0.2, -0.15) is 13.2 Å². The highest BCUT2D eigenvalue weighted by Crippen LogP contribution is 2.40. The lowest BCUT2D eigenvalue weighted by Gasteiger charge is -2.32. The van der Waals surface area contributed by atoms with E-state index in [1.807, 2.05) is 0 Å². The molecule has 1 fully saturated rings. The van der Waals surface area contributed by atoms with Gasteiger partial charge >= 0.3 is 6.18 Å². The molecule has 112 valence electrons. The second-order valence-electron chi connectivity index (χ2n) is 4.99. The average Bonchev–Trinajstić information content (AvgIpc) is 2.33. The van der Waals surface area contributed by atoms with Crippen LogP contribution in [-0.2, 0) is 0 Å². The summed E-state index contributed by atoms with van der Waals surface area (Å²) >= 11 is 9.10. The van der Waals surface area contributed by atoms with Crippen LogP contribution in [0.1, 0.15) is 25.7 Å². The van der Waals surface area contributed by atoms with Crippen molar-refractivity contribution in [2.24, 2.45) is 5.92 Å². The van der Waals surface area contributed by atoms with E-state index in [0.29, 0.717) is 23.0 Å². The molecular formula is C13H13BrClF4N. The van der Waals surface area contributed by atoms with Gasteiger partial charge in [-0.05, 0) is 47.3 Å². The van der Waals surface area contributed by atoms with Crippen LogP contribution in [0.25, 0.3) is 0 Å². The Hall–Kier alpha value is -0.490. The Bertz CT molecular complexity index is 469. The fraction of sp³-hybridized carbons (Fsp3) is 0.538. The summed E-state index contributed by atoms with van der Waals surface area (Å²) < 4.78 is 51.8. The maximum absolute atomic E-state index is 13.1. The van der Waals surface area contributed by atoms with Gasteiger partial charge in [0.1, 0.15) is 5.82 Å². The van der Waals surface area contributed by atoms with Crippen molar-refractivity contribution in [1.82, 2.24) is 0 Å². The Morgan fingerprint density at radius 3 is 2.55 bits per heavy atom. The first-order valence-corrected chi connectivity index (χ1v) is 7.42. The molecule has 0 heterocycles. The summed E-state index contributed by atoms with van der Waals surface area (Å²) in [7, 11) is 0. The number of benzene rings is 1. The molecule has 7 heteroatoms. The summed E-state index contributed by atoms with van der Waals surface area (Å²) in [4.78, 5) is 0. The van der Waals surface area contributed by atoms with Gasteiger partial charge in [0.25, 0.3) is 0 Å². The number of alkyl halides is 3. The van der Waals surface area contributed by atoms with Gasteiger partial charge in [0.2, 0.25) is 0 Å². The van der Waals surface area contributed by atoms with Crippen LogP contribution in [0.5, 0.6) is 0 Å². The molecule has 1 nitrogen and oxygen atoms in total. The van der Waals surface area contributed by atoms with E-state index in [2.05, 4.69) is 21.2 Å². The van der Waals surface area contributed by atoms with E-state index in [1.54, 1.807) is 0 Å². The quantitative estimate of drug-likeness (QED) is 0.648. The number of nitrogens with one attached hydrogen (secondary N) is 1. The molecule has 0 radical (unpaired) electrons. The van der Waals surface area contributed by atoms with Crippen LogP contribution in [0.15, 0.2) is 16.6 Å². The highest BCUT2D eigenvalue weighted by atomic mass is 79.9. The monoisotopic (exact) mass is 373 g/mol. The minimum Gasteiger partial charge on any atom is -0.380 e. The van der Waals surface area contributed by atoms with Gasteiger partial charge < -0.3 is 5.32 Å². The van der Waals surface area contributed by atoms with Gasteiger partial charge in [-0.25, -0.2) is 4.39 Å². The zero-order chi connectivity index (χ0) is 14.9. The first-order valence-electron chi connectivity index (χ1n) is 6.25. The van der Waals surface area contributed by atoms with E-state index in [4.69, 9.17) is 11.6 Å². The minimum atomic E-state index is -4.16. The predicted molar refractivity (Wildman–Crippen MR) is 74.5 cm³/mol. The first-order chi connectivity index (χ1) is 9.27. The molecule has 1 aromatic carbocycles. The molecule has 1 aromatic rings. The Kier molecular flexibility index (Phi) is 4.84. The van der Waals surface area contributed by atoms with Gasteiger partial charge in [-0.3, -0.25) is 0 Å². The van der Waals surface area contributed by atoms with Crippen molar-refractivity contribution >= 4 is 33.2 Å². The van der Waals surface area contributed by atoms with E-state index in [-0.39, 0.29) is 23.9 Å². The van der Waals surface area contributed by atoms with Crippen LogP contribution < -0.4 is 5.32 Å². The van der Waals surface area contributed by atoms with Crippen molar-refractivity contribution in [3.05, 3.63) is 27.4 Å². The fourth-order valence-electron chi connectivity index (χ4n) is 2.50. The van der Waals surface area contributed by atoms with Crippen molar-refractivity contribution in [2.75, 3.05) is 5.32 Å². The molecule has 0 saturated heterocycles. The topological polar surface area (TPSA) is 12.0 Å². The van der Waals surface area contributed by atoms with Crippen LogP contribution in [0, 0.1) is 11.7 Å². The molecule has 1 aliphatic rings. The summed E-state index contributed by atoms with van der Waals surface area (Å²) in [5.41, 5.74) is 0.445. The van der Waals surface area contributed by atoms with Crippen molar-refractivity contribution in [3.8, 4) is 0 Å². The van der Waals surface area contributed by atoms with Crippen molar-refractivity contribution in [1.29, 1.82) is 0 Å². The highest BCUT2D eigenvalue weighted by molar-refractivity contribution is 9.10. The van der Waals surface area contributed by atoms with E-state index in [0.717, 1.165) is 6.07 Å². The largest absolute Gasteiger partial charge is 0.391 e. The summed E-state index contributed by atoms with van der Waals surface area (Å²) in [5, 5.41) is 3.16. The Balaban J connectivity index is 2.11. The van der Waals surface area contributed by atoms with Gasteiger partial charge in [0.05, 0.1) is 16.6 Å². The van der Waals surface area contributed by atoms with E-state index < -0.39 is 17.9 Å². The number of anilines is 1. The van der Waals surface area contributed by atoms with Crippen LogP contribution in [0.2, 0.25) is 5.02 Å². The van der Waals surface area contributed by atoms with Crippen LogP contribution in [0.3, 0.4) is 0 Å². The minimum absolute atomic E-state index is 0.0175. The lowest BCUT2D eigenvalue weighted by molar-refractivity contribution is -0.182.